The van der Waals surface area contributed by atoms with Crippen molar-refractivity contribution in [2.24, 2.45) is 4.99 Å². The van der Waals surface area contributed by atoms with Crippen LogP contribution in [0.3, 0.4) is 0 Å². The number of nitrogens with zero attached hydrogens (tertiary/aromatic N) is 3. The number of hydrogen-bond donors (Lipinski definition) is 2. The number of thiazole rings is 1. The molecular formula is C20H26IN5OS. The van der Waals surface area contributed by atoms with Crippen molar-refractivity contribution in [2.45, 2.75) is 39.8 Å². The van der Waals surface area contributed by atoms with Crippen molar-refractivity contribution in [1.29, 1.82) is 0 Å². The molecule has 0 spiro atoms. The van der Waals surface area contributed by atoms with Crippen molar-refractivity contribution < 1.29 is 4.52 Å². The number of nitrogens with one attached hydrogen (secondary N) is 2. The van der Waals surface area contributed by atoms with E-state index in [2.05, 4.69) is 52.1 Å². The first kappa shape index (κ1) is 22.4. The summed E-state index contributed by atoms with van der Waals surface area (Å²) in [6.07, 6.45) is 0. The third-order valence-corrected chi connectivity index (χ3v) is 4.78. The van der Waals surface area contributed by atoms with Crippen LogP contribution in [-0.4, -0.2) is 22.6 Å². The lowest BCUT2D eigenvalue weighted by molar-refractivity contribution is 0.376. The zero-order valence-electron chi connectivity index (χ0n) is 16.3. The summed E-state index contributed by atoms with van der Waals surface area (Å²) >= 11 is 1.64. The molecule has 3 aromatic rings. The summed E-state index contributed by atoms with van der Waals surface area (Å²) in [7, 11) is 0. The summed E-state index contributed by atoms with van der Waals surface area (Å²) in [5.41, 5.74) is 3.09. The molecule has 0 aliphatic rings. The van der Waals surface area contributed by atoms with E-state index in [1.165, 1.54) is 0 Å². The second-order valence-corrected chi connectivity index (χ2v) is 7.36. The number of aliphatic imine (C=N–C) groups is 1. The van der Waals surface area contributed by atoms with Gasteiger partial charge in [0.25, 0.3) is 0 Å². The lowest BCUT2D eigenvalue weighted by Crippen LogP contribution is -2.36. The van der Waals surface area contributed by atoms with Crippen LogP contribution in [0.2, 0.25) is 0 Å². The first-order chi connectivity index (χ1) is 13.2. The molecule has 150 valence electrons. The van der Waals surface area contributed by atoms with Crippen molar-refractivity contribution >= 4 is 41.3 Å². The normalized spacial score (nSPS) is 11.4. The summed E-state index contributed by atoms with van der Waals surface area (Å²) in [4.78, 5) is 9.27. The van der Waals surface area contributed by atoms with E-state index in [1.54, 1.807) is 11.3 Å². The van der Waals surface area contributed by atoms with E-state index in [-0.39, 0.29) is 24.0 Å². The van der Waals surface area contributed by atoms with E-state index in [9.17, 15) is 0 Å². The van der Waals surface area contributed by atoms with Gasteiger partial charge in [0.2, 0.25) is 0 Å². The molecule has 0 aliphatic heterocycles. The van der Waals surface area contributed by atoms with Gasteiger partial charge in [0.15, 0.2) is 11.7 Å². The highest BCUT2D eigenvalue weighted by Crippen LogP contribution is 2.21. The second-order valence-electron chi connectivity index (χ2n) is 6.41. The largest absolute Gasteiger partial charge is 0.359 e. The summed E-state index contributed by atoms with van der Waals surface area (Å²) < 4.78 is 5.35. The zero-order chi connectivity index (χ0) is 19.1. The van der Waals surface area contributed by atoms with E-state index in [0.717, 1.165) is 40.2 Å². The highest BCUT2D eigenvalue weighted by atomic mass is 127. The molecule has 0 fully saturated rings. The van der Waals surface area contributed by atoms with E-state index >= 15 is 0 Å². The number of hydrogen-bond acceptors (Lipinski definition) is 5. The Morgan fingerprint density at radius 1 is 1.21 bits per heavy atom. The monoisotopic (exact) mass is 511 g/mol. The van der Waals surface area contributed by atoms with E-state index in [1.807, 2.05) is 31.2 Å². The fourth-order valence-electron chi connectivity index (χ4n) is 2.47. The highest BCUT2D eigenvalue weighted by molar-refractivity contribution is 14.0. The molecule has 0 amide bonds. The molecule has 0 saturated heterocycles. The molecule has 2 heterocycles. The van der Waals surface area contributed by atoms with Crippen LogP contribution in [0.15, 0.2) is 51.3 Å². The van der Waals surface area contributed by atoms with Crippen molar-refractivity contribution in [3.8, 4) is 11.3 Å². The lowest BCUT2D eigenvalue weighted by Gasteiger charge is -2.09. The Labute approximate surface area is 186 Å². The summed E-state index contributed by atoms with van der Waals surface area (Å²) in [5, 5.41) is 13.7. The third-order valence-electron chi connectivity index (χ3n) is 3.93. The second kappa shape index (κ2) is 11.2. The number of guanidine groups is 1. The molecule has 28 heavy (non-hydrogen) atoms. The average molecular weight is 511 g/mol. The predicted molar refractivity (Wildman–Crippen MR) is 125 cm³/mol. The van der Waals surface area contributed by atoms with Crippen molar-refractivity contribution in [3.05, 3.63) is 58.2 Å². The van der Waals surface area contributed by atoms with Gasteiger partial charge in [-0.15, -0.1) is 35.3 Å². The maximum Gasteiger partial charge on any atom is 0.192 e. The van der Waals surface area contributed by atoms with Crippen molar-refractivity contribution in [3.63, 3.8) is 0 Å². The Kier molecular flexibility index (Phi) is 8.91. The van der Waals surface area contributed by atoms with Gasteiger partial charge in [0, 0.05) is 23.6 Å². The molecule has 6 nitrogen and oxygen atoms in total. The molecule has 1 aromatic carbocycles. The van der Waals surface area contributed by atoms with Gasteiger partial charge < -0.3 is 15.2 Å². The topological polar surface area (TPSA) is 75.3 Å². The maximum absolute atomic E-state index is 5.35. The number of halogens is 1. The van der Waals surface area contributed by atoms with Crippen molar-refractivity contribution in [1.82, 2.24) is 20.8 Å². The van der Waals surface area contributed by atoms with Gasteiger partial charge in [-0.05, 0) is 12.8 Å². The molecule has 2 N–H and O–H groups in total. The number of aromatic nitrogens is 2. The standard InChI is InChI=1S/C20H25N5OS.HI/c1-4-21-20(22-11-16-10-17(14(2)3)25-26-16)23-12-19-24-18(13-27-19)15-8-6-5-7-9-15;/h5-10,13-14H,4,11-12H2,1-3H3,(H2,21,22,23);1H. The molecule has 2 aromatic heterocycles. The quantitative estimate of drug-likeness (QED) is 0.271. The molecule has 0 unspecified atom stereocenters. The van der Waals surface area contributed by atoms with Crippen LogP contribution >= 0.6 is 35.3 Å². The Balaban J connectivity index is 0.00000280. The molecule has 8 heteroatoms. The van der Waals surface area contributed by atoms with Crippen LogP contribution in [-0.2, 0) is 13.1 Å². The van der Waals surface area contributed by atoms with E-state index < -0.39 is 0 Å². The lowest BCUT2D eigenvalue weighted by atomic mass is 10.1. The van der Waals surface area contributed by atoms with Gasteiger partial charge >= 0.3 is 0 Å². The Hall–Kier alpha value is -1.94. The smallest absolute Gasteiger partial charge is 0.192 e. The van der Waals surface area contributed by atoms with Crippen LogP contribution in [0.1, 0.15) is 43.2 Å². The van der Waals surface area contributed by atoms with Gasteiger partial charge in [0.05, 0.1) is 17.9 Å². The fraction of sp³-hybridized carbons (Fsp3) is 0.350. The Morgan fingerprint density at radius 2 is 2.00 bits per heavy atom. The summed E-state index contributed by atoms with van der Waals surface area (Å²) in [6.45, 7) is 8.08. The SMILES string of the molecule is CCNC(=NCc1cc(C(C)C)no1)NCc1nc(-c2ccccc2)cs1.I. The van der Waals surface area contributed by atoms with Crippen molar-refractivity contribution in [2.75, 3.05) is 6.54 Å². The minimum Gasteiger partial charge on any atom is -0.359 e. The number of rotatable bonds is 7. The third kappa shape index (κ3) is 6.30. The van der Waals surface area contributed by atoms with Crippen LogP contribution in [0.5, 0.6) is 0 Å². The Bertz CT molecular complexity index is 876. The number of benzene rings is 1. The first-order valence-corrected chi connectivity index (χ1v) is 10.0. The molecule has 0 aliphatic carbocycles. The molecular weight excluding hydrogens is 485 g/mol. The van der Waals surface area contributed by atoms with Crippen LogP contribution in [0.4, 0.5) is 0 Å². The van der Waals surface area contributed by atoms with Gasteiger partial charge in [-0.2, -0.15) is 0 Å². The minimum absolute atomic E-state index is 0. The predicted octanol–water partition coefficient (Wildman–Crippen LogP) is 4.79. The molecule has 0 radical (unpaired) electrons. The van der Waals surface area contributed by atoms with Gasteiger partial charge in [-0.3, -0.25) is 0 Å². The molecule has 0 bridgehead atoms. The van der Waals surface area contributed by atoms with E-state index in [4.69, 9.17) is 9.51 Å². The summed E-state index contributed by atoms with van der Waals surface area (Å²) in [5.74, 6) is 1.84. The van der Waals surface area contributed by atoms with Crippen LogP contribution < -0.4 is 10.6 Å². The fourth-order valence-corrected chi connectivity index (χ4v) is 3.21. The molecule has 0 saturated carbocycles. The Morgan fingerprint density at radius 3 is 2.68 bits per heavy atom. The van der Waals surface area contributed by atoms with Crippen LogP contribution in [0.25, 0.3) is 11.3 Å². The van der Waals surface area contributed by atoms with Gasteiger partial charge in [-0.1, -0.05) is 49.3 Å². The van der Waals surface area contributed by atoms with Crippen LogP contribution in [0, 0.1) is 0 Å². The van der Waals surface area contributed by atoms with E-state index in [0.29, 0.717) is 19.0 Å². The van der Waals surface area contributed by atoms with Gasteiger partial charge in [-0.25, -0.2) is 9.98 Å². The minimum atomic E-state index is 0. The maximum atomic E-state index is 5.35. The highest BCUT2D eigenvalue weighted by Gasteiger charge is 2.08. The average Bonchev–Trinajstić information content (AvgIpc) is 3.34. The zero-order valence-corrected chi connectivity index (χ0v) is 19.5. The first-order valence-electron chi connectivity index (χ1n) is 9.13. The molecule has 0 atom stereocenters. The van der Waals surface area contributed by atoms with Gasteiger partial charge in [0.1, 0.15) is 11.6 Å². The summed E-state index contributed by atoms with van der Waals surface area (Å²) in [6, 6.07) is 12.2. The molecule has 3 rings (SSSR count).